The van der Waals surface area contributed by atoms with Gasteiger partial charge in [-0.1, -0.05) is 20.8 Å². The fourth-order valence-electron chi connectivity index (χ4n) is 1.45. The Labute approximate surface area is 81.0 Å². The van der Waals surface area contributed by atoms with E-state index in [1.807, 2.05) is 0 Å². The van der Waals surface area contributed by atoms with E-state index in [-0.39, 0.29) is 0 Å². The molecule has 0 bridgehead atoms. The highest BCUT2D eigenvalue weighted by Gasteiger charge is 2.10. The quantitative estimate of drug-likeness (QED) is 0.698. The van der Waals surface area contributed by atoms with Crippen LogP contribution in [0.25, 0.3) is 0 Å². The molecule has 0 atom stereocenters. The van der Waals surface area contributed by atoms with Gasteiger partial charge in [0.2, 0.25) is 0 Å². The van der Waals surface area contributed by atoms with Crippen molar-refractivity contribution >= 4 is 0 Å². The molecule has 0 aromatic carbocycles. The molecule has 0 saturated carbocycles. The molecular weight excluding hydrogens is 160 g/mol. The average molecular weight is 180 g/mol. The first-order valence-electron chi connectivity index (χ1n) is 5.14. The van der Waals surface area contributed by atoms with Gasteiger partial charge in [-0.2, -0.15) is 5.10 Å². The van der Waals surface area contributed by atoms with E-state index in [2.05, 4.69) is 50.5 Å². The topological polar surface area (TPSA) is 17.8 Å². The van der Waals surface area contributed by atoms with Crippen molar-refractivity contribution in [2.24, 2.45) is 0 Å². The van der Waals surface area contributed by atoms with Crippen molar-refractivity contribution in [3.8, 4) is 0 Å². The number of rotatable bonds is 3. The van der Waals surface area contributed by atoms with Gasteiger partial charge in [-0.15, -0.1) is 0 Å². The Hall–Kier alpha value is -0.790. The van der Waals surface area contributed by atoms with E-state index in [9.17, 15) is 0 Å². The van der Waals surface area contributed by atoms with E-state index >= 15 is 0 Å². The number of hydrogen-bond acceptors (Lipinski definition) is 1. The summed E-state index contributed by atoms with van der Waals surface area (Å²) in [6.07, 6.45) is 1.07. The van der Waals surface area contributed by atoms with Gasteiger partial charge < -0.3 is 0 Å². The second-order valence-corrected chi connectivity index (χ2v) is 4.11. The van der Waals surface area contributed by atoms with E-state index in [0.717, 1.165) is 6.42 Å². The first-order valence-corrected chi connectivity index (χ1v) is 5.14. The molecule has 0 aliphatic carbocycles. The minimum absolute atomic E-state index is 0.474. The Morgan fingerprint density at radius 1 is 1.31 bits per heavy atom. The van der Waals surface area contributed by atoms with E-state index in [1.165, 1.54) is 11.4 Å². The second kappa shape index (κ2) is 3.95. The maximum atomic E-state index is 4.60. The predicted molar refractivity (Wildman–Crippen MR) is 56.1 cm³/mol. The molecule has 1 heterocycles. The minimum Gasteiger partial charge on any atom is -0.267 e. The summed E-state index contributed by atoms with van der Waals surface area (Å²) in [5.41, 5.74) is 2.56. The standard InChI is InChI=1S/C11H20N2/c1-6-10-7-11(8(2)3)12-13(10)9(4)5/h7-9H,6H2,1-5H3. The average Bonchev–Trinajstić information content (AvgIpc) is 2.47. The van der Waals surface area contributed by atoms with Crippen molar-refractivity contribution in [1.29, 1.82) is 0 Å². The number of hydrogen-bond donors (Lipinski definition) is 0. The largest absolute Gasteiger partial charge is 0.267 e. The van der Waals surface area contributed by atoms with Crippen LogP contribution in [0.3, 0.4) is 0 Å². The van der Waals surface area contributed by atoms with Gasteiger partial charge in [0, 0.05) is 11.7 Å². The molecule has 0 aliphatic heterocycles. The van der Waals surface area contributed by atoms with Crippen molar-refractivity contribution in [1.82, 2.24) is 9.78 Å². The zero-order valence-electron chi connectivity index (χ0n) is 9.33. The van der Waals surface area contributed by atoms with E-state index in [1.54, 1.807) is 0 Å². The molecule has 0 amide bonds. The highest BCUT2D eigenvalue weighted by Crippen LogP contribution is 2.17. The van der Waals surface area contributed by atoms with Gasteiger partial charge in [0.15, 0.2) is 0 Å². The molecule has 0 aliphatic rings. The van der Waals surface area contributed by atoms with E-state index in [0.29, 0.717) is 12.0 Å². The van der Waals surface area contributed by atoms with Crippen LogP contribution >= 0.6 is 0 Å². The van der Waals surface area contributed by atoms with Crippen LogP contribution in [-0.2, 0) is 6.42 Å². The molecule has 1 aromatic heterocycles. The maximum Gasteiger partial charge on any atom is 0.0653 e. The van der Waals surface area contributed by atoms with Crippen LogP contribution in [0.15, 0.2) is 6.07 Å². The molecule has 0 unspecified atom stereocenters. The van der Waals surface area contributed by atoms with Crippen molar-refractivity contribution < 1.29 is 0 Å². The van der Waals surface area contributed by atoms with Gasteiger partial charge in [-0.3, -0.25) is 4.68 Å². The summed E-state index contributed by atoms with van der Waals surface area (Å²) in [6.45, 7) is 10.9. The van der Waals surface area contributed by atoms with Crippen LogP contribution in [0, 0.1) is 0 Å². The zero-order chi connectivity index (χ0) is 10.0. The Bertz CT molecular complexity index is 272. The van der Waals surface area contributed by atoms with Gasteiger partial charge in [0.1, 0.15) is 0 Å². The summed E-state index contributed by atoms with van der Waals surface area (Å²) >= 11 is 0. The summed E-state index contributed by atoms with van der Waals surface area (Å²) in [5, 5.41) is 4.60. The monoisotopic (exact) mass is 180 g/mol. The molecule has 13 heavy (non-hydrogen) atoms. The van der Waals surface area contributed by atoms with Gasteiger partial charge in [0.05, 0.1) is 5.69 Å². The molecule has 0 spiro atoms. The molecular formula is C11H20N2. The lowest BCUT2D eigenvalue weighted by Gasteiger charge is -2.08. The maximum absolute atomic E-state index is 4.60. The van der Waals surface area contributed by atoms with Gasteiger partial charge >= 0.3 is 0 Å². The predicted octanol–water partition coefficient (Wildman–Crippen LogP) is 3.15. The third kappa shape index (κ3) is 2.11. The SMILES string of the molecule is CCc1cc(C(C)C)nn1C(C)C. The highest BCUT2D eigenvalue weighted by molar-refractivity contribution is 5.13. The molecule has 0 fully saturated rings. The first kappa shape index (κ1) is 10.3. The van der Waals surface area contributed by atoms with Crippen LogP contribution in [0.5, 0.6) is 0 Å². The normalized spacial score (nSPS) is 11.6. The van der Waals surface area contributed by atoms with Crippen LogP contribution in [0.1, 0.15) is 58.0 Å². The fourth-order valence-corrected chi connectivity index (χ4v) is 1.45. The summed E-state index contributed by atoms with van der Waals surface area (Å²) < 4.78 is 2.13. The van der Waals surface area contributed by atoms with Crippen LogP contribution in [0.2, 0.25) is 0 Å². The Kier molecular flexibility index (Phi) is 3.12. The number of nitrogens with zero attached hydrogens (tertiary/aromatic N) is 2. The van der Waals surface area contributed by atoms with Gasteiger partial charge in [0.25, 0.3) is 0 Å². The van der Waals surface area contributed by atoms with Crippen molar-refractivity contribution in [3.63, 3.8) is 0 Å². The molecule has 1 aromatic rings. The Balaban J connectivity index is 3.04. The lowest BCUT2D eigenvalue weighted by atomic mass is 10.1. The Morgan fingerprint density at radius 2 is 1.92 bits per heavy atom. The number of aromatic nitrogens is 2. The summed E-state index contributed by atoms with van der Waals surface area (Å²) in [5.74, 6) is 0.533. The molecule has 1 rings (SSSR count). The molecule has 2 nitrogen and oxygen atoms in total. The van der Waals surface area contributed by atoms with Crippen LogP contribution in [-0.4, -0.2) is 9.78 Å². The van der Waals surface area contributed by atoms with Gasteiger partial charge in [-0.05, 0) is 32.3 Å². The lowest BCUT2D eigenvalue weighted by Crippen LogP contribution is -2.07. The molecule has 0 saturated heterocycles. The zero-order valence-corrected chi connectivity index (χ0v) is 9.33. The summed E-state index contributed by atoms with van der Waals surface area (Å²) in [6, 6.07) is 2.70. The van der Waals surface area contributed by atoms with Gasteiger partial charge in [-0.25, -0.2) is 0 Å². The molecule has 0 radical (unpaired) electrons. The summed E-state index contributed by atoms with van der Waals surface area (Å²) in [4.78, 5) is 0. The Morgan fingerprint density at radius 3 is 2.23 bits per heavy atom. The third-order valence-corrected chi connectivity index (χ3v) is 2.27. The minimum atomic E-state index is 0.474. The molecule has 2 heteroatoms. The summed E-state index contributed by atoms with van der Waals surface area (Å²) in [7, 11) is 0. The lowest BCUT2D eigenvalue weighted by molar-refractivity contribution is 0.504. The van der Waals surface area contributed by atoms with Crippen molar-refractivity contribution in [2.75, 3.05) is 0 Å². The van der Waals surface area contributed by atoms with Crippen LogP contribution in [0.4, 0.5) is 0 Å². The first-order chi connectivity index (χ1) is 6.06. The van der Waals surface area contributed by atoms with E-state index in [4.69, 9.17) is 0 Å². The van der Waals surface area contributed by atoms with Crippen molar-refractivity contribution in [2.45, 2.75) is 53.0 Å². The molecule has 0 N–H and O–H groups in total. The number of aryl methyl sites for hydroxylation is 1. The highest BCUT2D eigenvalue weighted by atomic mass is 15.3. The fraction of sp³-hybridized carbons (Fsp3) is 0.727. The van der Waals surface area contributed by atoms with Crippen LogP contribution < -0.4 is 0 Å². The molecule has 74 valence electrons. The van der Waals surface area contributed by atoms with E-state index < -0.39 is 0 Å². The van der Waals surface area contributed by atoms with Crippen molar-refractivity contribution in [3.05, 3.63) is 17.5 Å². The third-order valence-electron chi connectivity index (χ3n) is 2.27. The smallest absolute Gasteiger partial charge is 0.0653 e. The second-order valence-electron chi connectivity index (χ2n) is 4.11.